The minimum atomic E-state index is -0.486. The van der Waals surface area contributed by atoms with Gasteiger partial charge in [-0.05, 0) is 60.2 Å². The van der Waals surface area contributed by atoms with Crippen LogP contribution in [0, 0.1) is 0 Å². The summed E-state index contributed by atoms with van der Waals surface area (Å²) in [4.78, 5) is 24.7. The zero-order chi connectivity index (χ0) is 19.9. The number of methoxy groups -OCH3 is 1. The lowest BCUT2D eigenvalue weighted by Gasteiger charge is -2.09. The third-order valence-electron chi connectivity index (χ3n) is 3.97. The second kappa shape index (κ2) is 9.06. The molecule has 0 saturated heterocycles. The minimum absolute atomic E-state index is 0.113. The van der Waals surface area contributed by atoms with Gasteiger partial charge in [0.05, 0.1) is 12.7 Å². The fourth-order valence-electron chi connectivity index (χ4n) is 2.53. The van der Waals surface area contributed by atoms with E-state index in [2.05, 4.69) is 5.32 Å². The minimum Gasteiger partial charge on any atom is -0.497 e. The zero-order valence-corrected chi connectivity index (χ0v) is 15.9. The molecule has 0 aliphatic rings. The van der Waals surface area contributed by atoms with Crippen LogP contribution in [0.25, 0.3) is 0 Å². The highest BCUT2D eigenvalue weighted by molar-refractivity contribution is 6.30. The monoisotopic (exact) mass is 395 g/mol. The van der Waals surface area contributed by atoms with Crippen molar-refractivity contribution < 1.29 is 19.1 Å². The summed E-state index contributed by atoms with van der Waals surface area (Å²) in [6.07, 6.45) is 0. The lowest BCUT2D eigenvalue weighted by atomic mass is 10.1. The Morgan fingerprint density at radius 1 is 0.929 bits per heavy atom. The van der Waals surface area contributed by atoms with E-state index in [1.807, 2.05) is 6.07 Å². The lowest BCUT2D eigenvalue weighted by Crippen LogP contribution is -2.12. The summed E-state index contributed by atoms with van der Waals surface area (Å²) < 4.78 is 10.4. The van der Waals surface area contributed by atoms with E-state index < -0.39 is 5.97 Å². The molecule has 3 aromatic carbocycles. The third kappa shape index (κ3) is 5.11. The summed E-state index contributed by atoms with van der Waals surface area (Å²) in [6.45, 7) is 0.113. The molecule has 0 saturated carbocycles. The van der Waals surface area contributed by atoms with Crippen LogP contribution in [0.4, 0.5) is 5.69 Å². The Morgan fingerprint density at radius 2 is 1.68 bits per heavy atom. The molecule has 5 nitrogen and oxygen atoms in total. The van der Waals surface area contributed by atoms with Gasteiger partial charge in [0.15, 0.2) is 0 Å². The number of halogens is 1. The van der Waals surface area contributed by atoms with Crippen molar-refractivity contribution in [1.82, 2.24) is 0 Å². The summed E-state index contributed by atoms with van der Waals surface area (Å²) in [7, 11) is 1.56. The molecule has 0 aliphatic carbocycles. The fraction of sp³-hybridized carbons (Fsp3) is 0.0909. The van der Waals surface area contributed by atoms with Gasteiger partial charge in [0.2, 0.25) is 0 Å². The molecule has 0 fully saturated rings. The van der Waals surface area contributed by atoms with E-state index in [1.54, 1.807) is 73.8 Å². The molecule has 1 amide bonds. The first kappa shape index (κ1) is 19.5. The Hall–Kier alpha value is -3.31. The van der Waals surface area contributed by atoms with Gasteiger partial charge in [0, 0.05) is 16.3 Å². The molecule has 28 heavy (non-hydrogen) atoms. The van der Waals surface area contributed by atoms with Crippen LogP contribution in [0.5, 0.6) is 5.75 Å². The smallest absolute Gasteiger partial charge is 0.338 e. The van der Waals surface area contributed by atoms with Crippen LogP contribution < -0.4 is 10.1 Å². The Bertz CT molecular complexity index is 986. The molecule has 0 spiro atoms. The first-order chi connectivity index (χ1) is 13.5. The van der Waals surface area contributed by atoms with Crippen molar-refractivity contribution in [2.45, 2.75) is 6.61 Å². The maximum absolute atomic E-state index is 12.4. The molecule has 0 radical (unpaired) electrons. The summed E-state index contributed by atoms with van der Waals surface area (Å²) >= 11 is 5.93. The normalized spacial score (nSPS) is 10.2. The van der Waals surface area contributed by atoms with Crippen molar-refractivity contribution in [1.29, 1.82) is 0 Å². The molecule has 142 valence electrons. The van der Waals surface area contributed by atoms with Crippen molar-refractivity contribution in [3.63, 3.8) is 0 Å². The Morgan fingerprint density at radius 3 is 2.39 bits per heavy atom. The average Bonchev–Trinajstić information content (AvgIpc) is 2.72. The maximum atomic E-state index is 12.4. The SMILES string of the molecule is COc1ccc(C(=O)Nc2cccc(C(=O)OCc3cccc(Cl)c3)c2)cc1. The molecule has 0 aliphatic heterocycles. The van der Waals surface area contributed by atoms with Gasteiger partial charge in [-0.15, -0.1) is 0 Å². The van der Waals surface area contributed by atoms with Gasteiger partial charge in [-0.1, -0.05) is 29.8 Å². The summed E-state index contributed by atoms with van der Waals surface area (Å²) in [5.41, 5.74) is 2.12. The predicted octanol–water partition coefficient (Wildman–Crippen LogP) is 4.96. The summed E-state index contributed by atoms with van der Waals surface area (Å²) in [5, 5.41) is 3.35. The van der Waals surface area contributed by atoms with E-state index in [-0.39, 0.29) is 12.5 Å². The number of rotatable bonds is 6. The second-order valence-electron chi connectivity index (χ2n) is 5.97. The quantitative estimate of drug-likeness (QED) is 0.599. The number of esters is 1. The number of hydrogen-bond donors (Lipinski definition) is 1. The van der Waals surface area contributed by atoms with Crippen molar-refractivity contribution >= 4 is 29.2 Å². The Kier molecular flexibility index (Phi) is 6.29. The molecule has 0 unspecified atom stereocenters. The molecule has 0 heterocycles. The largest absolute Gasteiger partial charge is 0.497 e. The van der Waals surface area contributed by atoms with Crippen LogP contribution in [-0.2, 0) is 11.3 Å². The maximum Gasteiger partial charge on any atom is 0.338 e. The zero-order valence-electron chi connectivity index (χ0n) is 15.1. The summed E-state index contributed by atoms with van der Waals surface area (Å²) in [5.74, 6) is -0.103. The Labute approximate surface area is 167 Å². The molecule has 0 aromatic heterocycles. The topological polar surface area (TPSA) is 64.6 Å². The van der Waals surface area contributed by atoms with Crippen molar-refractivity contribution in [2.75, 3.05) is 12.4 Å². The third-order valence-corrected chi connectivity index (χ3v) is 4.20. The van der Waals surface area contributed by atoms with E-state index in [0.717, 1.165) is 5.56 Å². The van der Waals surface area contributed by atoms with Crippen LogP contribution in [0.3, 0.4) is 0 Å². The van der Waals surface area contributed by atoms with Crippen molar-refractivity contribution in [2.24, 2.45) is 0 Å². The molecular weight excluding hydrogens is 378 g/mol. The van der Waals surface area contributed by atoms with Gasteiger partial charge in [-0.3, -0.25) is 4.79 Å². The van der Waals surface area contributed by atoms with E-state index >= 15 is 0 Å². The number of amides is 1. The number of benzene rings is 3. The molecule has 3 aromatic rings. The molecule has 3 rings (SSSR count). The van der Waals surface area contributed by atoms with E-state index in [9.17, 15) is 9.59 Å². The number of carbonyl (C=O) groups excluding carboxylic acids is 2. The van der Waals surface area contributed by atoms with Crippen LogP contribution in [0.1, 0.15) is 26.3 Å². The van der Waals surface area contributed by atoms with Gasteiger partial charge in [-0.25, -0.2) is 4.79 Å². The Balaban J connectivity index is 1.64. The lowest BCUT2D eigenvalue weighted by molar-refractivity contribution is 0.0472. The standard InChI is InChI=1S/C22H18ClNO4/c1-27-20-10-8-16(9-11-20)21(25)24-19-7-3-5-17(13-19)22(26)28-14-15-4-2-6-18(23)12-15/h2-13H,14H2,1H3,(H,24,25). The van der Waals surface area contributed by atoms with Gasteiger partial charge in [-0.2, -0.15) is 0 Å². The van der Waals surface area contributed by atoms with Gasteiger partial charge in [0.1, 0.15) is 12.4 Å². The van der Waals surface area contributed by atoms with Crippen LogP contribution in [0.2, 0.25) is 5.02 Å². The van der Waals surface area contributed by atoms with Crippen LogP contribution in [-0.4, -0.2) is 19.0 Å². The second-order valence-corrected chi connectivity index (χ2v) is 6.41. The van der Waals surface area contributed by atoms with E-state index in [4.69, 9.17) is 21.1 Å². The molecular formula is C22H18ClNO4. The number of carbonyl (C=O) groups is 2. The molecule has 0 bridgehead atoms. The van der Waals surface area contributed by atoms with Crippen LogP contribution >= 0.6 is 11.6 Å². The highest BCUT2D eigenvalue weighted by Crippen LogP contribution is 2.17. The highest BCUT2D eigenvalue weighted by Gasteiger charge is 2.11. The predicted molar refractivity (Wildman–Crippen MR) is 108 cm³/mol. The number of anilines is 1. The number of ether oxygens (including phenoxy) is 2. The van der Waals surface area contributed by atoms with E-state index in [0.29, 0.717) is 27.6 Å². The molecule has 0 atom stereocenters. The fourth-order valence-corrected chi connectivity index (χ4v) is 2.74. The van der Waals surface area contributed by atoms with Gasteiger partial charge < -0.3 is 14.8 Å². The first-order valence-corrected chi connectivity index (χ1v) is 8.90. The first-order valence-electron chi connectivity index (χ1n) is 8.52. The molecule has 1 N–H and O–H groups in total. The van der Waals surface area contributed by atoms with Crippen LogP contribution in [0.15, 0.2) is 72.8 Å². The number of hydrogen-bond acceptors (Lipinski definition) is 4. The molecule has 6 heteroatoms. The van der Waals surface area contributed by atoms with Gasteiger partial charge >= 0.3 is 5.97 Å². The van der Waals surface area contributed by atoms with Crippen molar-refractivity contribution in [3.8, 4) is 5.75 Å². The van der Waals surface area contributed by atoms with Gasteiger partial charge in [0.25, 0.3) is 5.91 Å². The van der Waals surface area contributed by atoms with Crippen molar-refractivity contribution in [3.05, 3.63) is 94.5 Å². The van der Waals surface area contributed by atoms with E-state index in [1.165, 1.54) is 0 Å². The highest BCUT2D eigenvalue weighted by atomic mass is 35.5. The summed E-state index contributed by atoms with van der Waals surface area (Å²) in [6, 6.07) is 20.4. The number of nitrogens with one attached hydrogen (secondary N) is 1. The average molecular weight is 396 g/mol.